The Morgan fingerprint density at radius 1 is 1.07 bits per heavy atom. The molecular formula is C32H38ClN5O3. The molecule has 0 aliphatic carbocycles. The van der Waals surface area contributed by atoms with Crippen LogP contribution in [0.2, 0.25) is 5.02 Å². The minimum Gasteiger partial charge on any atom is -0.343 e. The quantitative estimate of drug-likeness (QED) is 0.487. The number of nitrogens with zero attached hydrogens (tertiary/aromatic N) is 4. The van der Waals surface area contributed by atoms with Gasteiger partial charge in [0.05, 0.1) is 29.1 Å². The van der Waals surface area contributed by atoms with Crippen LogP contribution in [0.4, 0.5) is 0 Å². The number of H-pyrrole nitrogens is 1. The van der Waals surface area contributed by atoms with Gasteiger partial charge in [-0.05, 0) is 53.0 Å². The summed E-state index contributed by atoms with van der Waals surface area (Å²) in [7, 11) is 0. The first-order chi connectivity index (χ1) is 19.6. The van der Waals surface area contributed by atoms with E-state index < -0.39 is 5.92 Å². The molecule has 6 rings (SSSR count). The largest absolute Gasteiger partial charge is 0.343 e. The van der Waals surface area contributed by atoms with Crippen molar-refractivity contribution < 1.29 is 14.4 Å². The van der Waals surface area contributed by atoms with Crippen LogP contribution in [0.5, 0.6) is 0 Å². The predicted octanol–water partition coefficient (Wildman–Crippen LogP) is 4.73. The van der Waals surface area contributed by atoms with Gasteiger partial charge in [-0.2, -0.15) is 5.10 Å². The fraction of sp³-hybridized carbons (Fsp3) is 0.500. The molecule has 8 nitrogen and oxygen atoms in total. The molecule has 41 heavy (non-hydrogen) atoms. The van der Waals surface area contributed by atoms with E-state index in [0.717, 1.165) is 40.4 Å². The summed E-state index contributed by atoms with van der Waals surface area (Å²) in [6.07, 6.45) is 4.37. The topological polar surface area (TPSA) is 89.6 Å². The summed E-state index contributed by atoms with van der Waals surface area (Å²) in [6.45, 7) is 9.27. The molecule has 3 aliphatic rings. The van der Waals surface area contributed by atoms with E-state index in [2.05, 4.69) is 37.0 Å². The number of carbonyl (C=O) groups is 3. The van der Waals surface area contributed by atoms with Gasteiger partial charge in [0.2, 0.25) is 17.7 Å². The van der Waals surface area contributed by atoms with Crippen LogP contribution < -0.4 is 0 Å². The van der Waals surface area contributed by atoms with E-state index >= 15 is 0 Å². The number of amides is 3. The van der Waals surface area contributed by atoms with Crippen molar-refractivity contribution in [3.8, 4) is 0 Å². The van der Waals surface area contributed by atoms with Gasteiger partial charge in [0.25, 0.3) is 0 Å². The van der Waals surface area contributed by atoms with Crippen LogP contribution in [0.1, 0.15) is 62.3 Å². The Kier molecular flexibility index (Phi) is 7.30. The standard InChI is InChI=1S/C32H38ClN5O3/c1-32(2,3)19-37-18-26-22(13-27(33)30-25(26)16-34-35-30)12-23(31(37)41)15-28(39)36-10-8-24(9-11-36)38-17-21-7-5-4-6-20(21)14-29(38)40/h4-7,13,16,23-24H,8-12,14-15,17-19H2,1-3H3,(H,34,35). The lowest BCUT2D eigenvalue weighted by Crippen LogP contribution is -2.50. The fourth-order valence-electron chi connectivity index (χ4n) is 6.82. The molecule has 0 spiro atoms. The van der Waals surface area contributed by atoms with Gasteiger partial charge in [0.15, 0.2) is 0 Å². The summed E-state index contributed by atoms with van der Waals surface area (Å²) in [5.74, 6) is -0.263. The number of halogens is 1. The number of hydrogen-bond acceptors (Lipinski definition) is 4. The lowest BCUT2D eigenvalue weighted by Gasteiger charge is -2.41. The molecule has 3 aromatic rings. The van der Waals surface area contributed by atoms with Crippen LogP contribution in [0.15, 0.2) is 36.5 Å². The normalized spacial score (nSPS) is 20.3. The summed E-state index contributed by atoms with van der Waals surface area (Å²) < 4.78 is 0. The molecular weight excluding hydrogens is 538 g/mol. The van der Waals surface area contributed by atoms with Crippen LogP contribution in [-0.4, -0.2) is 68.3 Å². The third-order valence-corrected chi connectivity index (χ3v) is 9.13. The molecule has 1 N–H and O–H groups in total. The number of piperidine rings is 1. The van der Waals surface area contributed by atoms with Crippen molar-refractivity contribution in [1.29, 1.82) is 0 Å². The number of aromatic nitrogens is 2. The maximum absolute atomic E-state index is 13.9. The van der Waals surface area contributed by atoms with E-state index in [-0.39, 0.29) is 35.6 Å². The van der Waals surface area contributed by atoms with Crippen molar-refractivity contribution in [2.24, 2.45) is 11.3 Å². The van der Waals surface area contributed by atoms with E-state index in [9.17, 15) is 14.4 Å². The SMILES string of the molecule is CC(C)(C)CN1Cc2c(cc(Cl)c3[nH]ncc23)CC(CC(=O)N2CCC(N3Cc4ccccc4CC3=O)CC2)C1=O. The van der Waals surface area contributed by atoms with Crippen molar-refractivity contribution in [3.05, 3.63) is 63.8 Å². The highest BCUT2D eigenvalue weighted by atomic mass is 35.5. The highest BCUT2D eigenvalue weighted by Crippen LogP contribution is 2.35. The Hall–Kier alpha value is -3.39. The molecule has 1 aromatic heterocycles. The smallest absolute Gasteiger partial charge is 0.227 e. The van der Waals surface area contributed by atoms with Crippen molar-refractivity contribution in [2.45, 2.75) is 72.0 Å². The Bertz CT molecular complexity index is 1500. The highest BCUT2D eigenvalue weighted by molar-refractivity contribution is 6.35. The summed E-state index contributed by atoms with van der Waals surface area (Å²) in [5.41, 5.74) is 5.08. The van der Waals surface area contributed by atoms with Gasteiger partial charge in [-0.15, -0.1) is 0 Å². The third kappa shape index (κ3) is 5.59. The summed E-state index contributed by atoms with van der Waals surface area (Å²) >= 11 is 6.59. The van der Waals surface area contributed by atoms with Crippen LogP contribution in [0, 0.1) is 11.3 Å². The first-order valence-electron chi connectivity index (χ1n) is 14.6. The predicted molar refractivity (Wildman–Crippen MR) is 158 cm³/mol. The van der Waals surface area contributed by atoms with Crippen molar-refractivity contribution in [2.75, 3.05) is 19.6 Å². The molecule has 1 saturated heterocycles. The van der Waals surface area contributed by atoms with E-state index in [1.165, 1.54) is 5.56 Å². The number of likely N-dealkylation sites (tertiary alicyclic amines) is 1. The van der Waals surface area contributed by atoms with E-state index in [1.54, 1.807) is 6.20 Å². The number of rotatable bonds is 4. The van der Waals surface area contributed by atoms with Crippen LogP contribution >= 0.6 is 11.6 Å². The second-order valence-electron chi connectivity index (χ2n) is 13.1. The van der Waals surface area contributed by atoms with Gasteiger partial charge >= 0.3 is 0 Å². The number of nitrogens with one attached hydrogen (secondary N) is 1. The van der Waals surface area contributed by atoms with Crippen molar-refractivity contribution >= 4 is 40.2 Å². The Morgan fingerprint density at radius 3 is 2.54 bits per heavy atom. The number of carbonyl (C=O) groups excluding carboxylic acids is 3. The molecule has 0 radical (unpaired) electrons. The summed E-state index contributed by atoms with van der Waals surface area (Å²) in [6, 6.07) is 10.2. The molecule has 0 bridgehead atoms. The van der Waals surface area contributed by atoms with E-state index in [4.69, 9.17) is 11.6 Å². The van der Waals surface area contributed by atoms with Crippen molar-refractivity contribution in [3.63, 3.8) is 0 Å². The van der Waals surface area contributed by atoms with Gasteiger partial charge in [-0.1, -0.05) is 56.6 Å². The second-order valence-corrected chi connectivity index (χ2v) is 13.5. The zero-order chi connectivity index (χ0) is 28.9. The average Bonchev–Trinajstić information content (AvgIpc) is 3.39. The van der Waals surface area contributed by atoms with Gasteiger partial charge in [-0.25, -0.2) is 0 Å². The first-order valence-corrected chi connectivity index (χ1v) is 15.0. The Balaban J connectivity index is 1.16. The second kappa shape index (κ2) is 10.8. The molecule has 3 aliphatic heterocycles. The monoisotopic (exact) mass is 575 g/mol. The highest BCUT2D eigenvalue weighted by Gasteiger charge is 2.37. The number of aromatic amines is 1. The Morgan fingerprint density at radius 2 is 1.80 bits per heavy atom. The molecule has 0 saturated carbocycles. The number of hydrogen-bond donors (Lipinski definition) is 1. The van der Waals surface area contributed by atoms with Gasteiger partial charge in [-0.3, -0.25) is 19.5 Å². The first kappa shape index (κ1) is 27.8. The van der Waals surface area contributed by atoms with Gasteiger partial charge in [0, 0.05) is 50.6 Å². The molecule has 2 aromatic carbocycles. The maximum Gasteiger partial charge on any atom is 0.227 e. The lowest BCUT2D eigenvalue weighted by molar-refractivity contribution is -0.143. The number of benzene rings is 2. The molecule has 1 atom stereocenters. The molecule has 1 unspecified atom stereocenters. The van der Waals surface area contributed by atoms with E-state index in [1.807, 2.05) is 39.0 Å². The summed E-state index contributed by atoms with van der Waals surface area (Å²) in [4.78, 5) is 46.2. The van der Waals surface area contributed by atoms with Crippen LogP contribution in [-0.2, 0) is 40.3 Å². The zero-order valence-corrected chi connectivity index (χ0v) is 24.8. The zero-order valence-electron chi connectivity index (χ0n) is 24.1. The van der Waals surface area contributed by atoms with Gasteiger partial charge in [0.1, 0.15) is 0 Å². The molecule has 1 fully saturated rings. The molecule has 3 amide bonds. The van der Waals surface area contributed by atoms with Gasteiger partial charge < -0.3 is 14.7 Å². The maximum atomic E-state index is 13.9. The summed E-state index contributed by atoms with van der Waals surface area (Å²) in [5, 5.41) is 8.70. The average molecular weight is 576 g/mol. The van der Waals surface area contributed by atoms with E-state index in [0.29, 0.717) is 50.6 Å². The lowest BCUT2D eigenvalue weighted by atomic mass is 9.91. The molecule has 9 heteroatoms. The third-order valence-electron chi connectivity index (χ3n) is 8.83. The minimum absolute atomic E-state index is 0.00626. The minimum atomic E-state index is -0.454. The fourth-order valence-corrected chi connectivity index (χ4v) is 7.09. The number of fused-ring (bicyclic) bond motifs is 4. The van der Waals surface area contributed by atoms with Crippen molar-refractivity contribution in [1.82, 2.24) is 24.9 Å². The Labute approximate surface area is 246 Å². The van der Waals surface area contributed by atoms with Crippen LogP contribution in [0.3, 0.4) is 0 Å². The molecule has 216 valence electrons. The van der Waals surface area contributed by atoms with Crippen LogP contribution in [0.25, 0.3) is 10.9 Å². The molecule has 4 heterocycles.